The lowest BCUT2D eigenvalue weighted by Gasteiger charge is -1.82. The standard InChI is InChI=1S/C7H6O3/c8-3-1-6-2-4-10-7(6)5-9/h1-5,8H. The van der Waals surface area contributed by atoms with E-state index in [4.69, 9.17) is 9.52 Å². The molecule has 0 aliphatic carbocycles. The molecule has 0 radical (unpaired) electrons. The third-order valence-corrected chi connectivity index (χ3v) is 1.09. The molecular weight excluding hydrogens is 132 g/mol. The summed E-state index contributed by atoms with van der Waals surface area (Å²) in [6.45, 7) is 0. The van der Waals surface area contributed by atoms with E-state index in [0.29, 0.717) is 11.8 Å². The summed E-state index contributed by atoms with van der Waals surface area (Å²) >= 11 is 0. The van der Waals surface area contributed by atoms with Crippen LogP contribution in [0.2, 0.25) is 0 Å². The molecule has 0 fully saturated rings. The van der Waals surface area contributed by atoms with Crippen molar-refractivity contribution < 1.29 is 14.3 Å². The van der Waals surface area contributed by atoms with Crippen LogP contribution in [0.4, 0.5) is 0 Å². The van der Waals surface area contributed by atoms with E-state index in [2.05, 4.69) is 0 Å². The van der Waals surface area contributed by atoms with Crippen LogP contribution in [0.25, 0.3) is 6.08 Å². The smallest absolute Gasteiger partial charge is 0.185 e. The maximum Gasteiger partial charge on any atom is 0.185 e. The molecule has 0 amide bonds. The second-order valence-electron chi connectivity index (χ2n) is 1.67. The van der Waals surface area contributed by atoms with Crippen molar-refractivity contribution in [2.75, 3.05) is 0 Å². The summed E-state index contributed by atoms with van der Waals surface area (Å²) in [5.41, 5.74) is 0.581. The van der Waals surface area contributed by atoms with Gasteiger partial charge in [0.2, 0.25) is 0 Å². The minimum Gasteiger partial charge on any atom is -0.516 e. The van der Waals surface area contributed by atoms with Crippen molar-refractivity contribution in [3.8, 4) is 0 Å². The molecule has 0 aromatic carbocycles. The third kappa shape index (κ3) is 1.07. The van der Waals surface area contributed by atoms with Crippen LogP contribution in [0, 0.1) is 0 Å². The van der Waals surface area contributed by atoms with Crippen LogP contribution in [0.1, 0.15) is 16.1 Å². The van der Waals surface area contributed by atoms with Crippen LogP contribution < -0.4 is 0 Å². The van der Waals surface area contributed by atoms with Crippen molar-refractivity contribution in [2.24, 2.45) is 0 Å². The van der Waals surface area contributed by atoms with Gasteiger partial charge in [-0.3, -0.25) is 4.79 Å². The SMILES string of the molecule is O=Cc1occc1C=CO. The Hall–Kier alpha value is -1.51. The number of aliphatic hydroxyl groups excluding tert-OH is 1. The summed E-state index contributed by atoms with van der Waals surface area (Å²) < 4.78 is 4.74. The third-order valence-electron chi connectivity index (χ3n) is 1.09. The summed E-state index contributed by atoms with van der Waals surface area (Å²) in [6.07, 6.45) is 4.22. The number of carbonyl (C=O) groups excluding carboxylic acids is 1. The Morgan fingerprint density at radius 3 is 3.00 bits per heavy atom. The molecule has 0 aliphatic heterocycles. The first-order chi connectivity index (χ1) is 4.88. The van der Waals surface area contributed by atoms with Crippen LogP contribution in [-0.2, 0) is 0 Å². The molecule has 0 unspecified atom stereocenters. The van der Waals surface area contributed by atoms with Gasteiger partial charge in [-0.15, -0.1) is 0 Å². The Kier molecular flexibility index (Phi) is 1.89. The number of carbonyl (C=O) groups is 1. The normalized spacial score (nSPS) is 10.4. The van der Waals surface area contributed by atoms with Gasteiger partial charge < -0.3 is 9.52 Å². The molecule has 1 rings (SSSR count). The van der Waals surface area contributed by atoms with Crippen molar-refractivity contribution in [3.63, 3.8) is 0 Å². The summed E-state index contributed by atoms with van der Waals surface area (Å²) in [6, 6.07) is 1.59. The second-order valence-corrected chi connectivity index (χ2v) is 1.67. The molecule has 1 heterocycles. The van der Waals surface area contributed by atoms with E-state index in [1.54, 1.807) is 6.07 Å². The van der Waals surface area contributed by atoms with Gasteiger partial charge in [-0.25, -0.2) is 0 Å². The fraction of sp³-hybridized carbons (Fsp3) is 0. The highest BCUT2D eigenvalue weighted by molar-refractivity contribution is 5.77. The number of aldehydes is 1. The number of furan rings is 1. The Labute approximate surface area is 57.6 Å². The average molecular weight is 138 g/mol. The molecule has 0 bridgehead atoms. The van der Waals surface area contributed by atoms with Crippen molar-refractivity contribution in [1.82, 2.24) is 0 Å². The zero-order valence-electron chi connectivity index (χ0n) is 5.15. The largest absolute Gasteiger partial charge is 0.516 e. The maximum atomic E-state index is 10.2. The van der Waals surface area contributed by atoms with Gasteiger partial charge in [-0.2, -0.15) is 0 Å². The van der Waals surface area contributed by atoms with E-state index in [1.165, 1.54) is 12.3 Å². The minimum atomic E-state index is 0.227. The van der Waals surface area contributed by atoms with E-state index < -0.39 is 0 Å². The zero-order chi connectivity index (χ0) is 7.40. The Morgan fingerprint density at radius 1 is 1.60 bits per heavy atom. The quantitative estimate of drug-likeness (QED) is 0.499. The van der Waals surface area contributed by atoms with Crippen LogP contribution in [-0.4, -0.2) is 11.4 Å². The Morgan fingerprint density at radius 2 is 2.40 bits per heavy atom. The Balaban J connectivity index is 3.00. The highest BCUT2D eigenvalue weighted by Crippen LogP contribution is 2.08. The van der Waals surface area contributed by atoms with Gasteiger partial charge in [-0.05, 0) is 12.1 Å². The lowest BCUT2D eigenvalue weighted by molar-refractivity contribution is 0.110. The number of hydrogen-bond donors (Lipinski definition) is 1. The van der Waals surface area contributed by atoms with E-state index in [-0.39, 0.29) is 5.76 Å². The average Bonchev–Trinajstić information content (AvgIpc) is 2.36. The van der Waals surface area contributed by atoms with Crippen molar-refractivity contribution in [3.05, 3.63) is 29.9 Å². The Bertz CT molecular complexity index is 247. The van der Waals surface area contributed by atoms with E-state index in [1.807, 2.05) is 0 Å². The number of rotatable bonds is 2. The molecule has 0 saturated heterocycles. The molecule has 1 aromatic heterocycles. The number of hydrogen-bond acceptors (Lipinski definition) is 3. The minimum absolute atomic E-state index is 0.227. The monoisotopic (exact) mass is 138 g/mol. The van der Waals surface area contributed by atoms with Gasteiger partial charge in [0.15, 0.2) is 12.0 Å². The second kappa shape index (κ2) is 2.87. The first kappa shape index (κ1) is 6.61. The molecule has 0 spiro atoms. The van der Waals surface area contributed by atoms with Crippen molar-refractivity contribution in [2.45, 2.75) is 0 Å². The molecule has 0 saturated carbocycles. The van der Waals surface area contributed by atoms with Gasteiger partial charge >= 0.3 is 0 Å². The van der Waals surface area contributed by atoms with Crippen LogP contribution >= 0.6 is 0 Å². The highest BCUT2D eigenvalue weighted by Gasteiger charge is 1.99. The molecule has 10 heavy (non-hydrogen) atoms. The topological polar surface area (TPSA) is 50.4 Å². The van der Waals surface area contributed by atoms with E-state index in [0.717, 1.165) is 6.26 Å². The predicted octanol–water partition coefficient (Wildman–Crippen LogP) is 1.62. The first-order valence-corrected chi connectivity index (χ1v) is 2.72. The maximum absolute atomic E-state index is 10.2. The molecule has 3 heteroatoms. The van der Waals surface area contributed by atoms with Gasteiger partial charge in [0.25, 0.3) is 0 Å². The molecule has 3 nitrogen and oxygen atoms in total. The molecule has 52 valence electrons. The summed E-state index contributed by atoms with van der Waals surface area (Å²) in [4.78, 5) is 10.2. The van der Waals surface area contributed by atoms with Crippen molar-refractivity contribution in [1.29, 1.82) is 0 Å². The molecule has 0 atom stereocenters. The fourth-order valence-electron chi connectivity index (χ4n) is 0.645. The summed E-state index contributed by atoms with van der Waals surface area (Å²) in [5.74, 6) is 0.227. The van der Waals surface area contributed by atoms with Gasteiger partial charge in [0.05, 0.1) is 12.5 Å². The van der Waals surface area contributed by atoms with E-state index in [9.17, 15) is 4.79 Å². The van der Waals surface area contributed by atoms with Crippen LogP contribution in [0.3, 0.4) is 0 Å². The predicted molar refractivity (Wildman–Crippen MR) is 35.8 cm³/mol. The number of aliphatic hydroxyl groups is 1. The van der Waals surface area contributed by atoms with Crippen LogP contribution in [0.15, 0.2) is 23.0 Å². The molecular formula is C7H6O3. The van der Waals surface area contributed by atoms with Gasteiger partial charge in [-0.1, -0.05) is 0 Å². The summed E-state index contributed by atoms with van der Waals surface area (Å²) in [7, 11) is 0. The van der Waals surface area contributed by atoms with E-state index >= 15 is 0 Å². The zero-order valence-corrected chi connectivity index (χ0v) is 5.15. The first-order valence-electron chi connectivity index (χ1n) is 2.72. The molecule has 1 N–H and O–H groups in total. The lowest BCUT2D eigenvalue weighted by atomic mass is 10.2. The van der Waals surface area contributed by atoms with Gasteiger partial charge in [0.1, 0.15) is 0 Å². The lowest BCUT2D eigenvalue weighted by Crippen LogP contribution is -1.76. The van der Waals surface area contributed by atoms with Crippen LogP contribution in [0.5, 0.6) is 0 Å². The molecule has 1 aromatic rings. The fourth-order valence-corrected chi connectivity index (χ4v) is 0.645. The highest BCUT2D eigenvalue weighted by atomic mass is 16.3. The van der Waals surface area contributed by atoms with Gasteiger partial charge in [0, 0.05) is 5.56 Å². The summed E-state index contributed by atoms with van der Waals surface area (Å²) in [5, 5.41) is 8.32. The van der Waals surface area contributed by atoms with Crippen molar-refractivity contribution >= 4 is 12.4 Å². The molecule has 0 aliphatic rings.